The molecule has 0 spiro atoms. The highest BCUT2D eigenvalue weighted by Gasteiger charge is 2.33. The van der Waals surface area contributed by atoms with Gasteiger partial charge in [0.05, 0.1) is 23.6 Å². The molecular weight excluding hydrogens is 302 g/mol. The number of nitrogens with zero attached hydrogens (tertiary/aromatic N) is 4. The summed E-state index contributed by atoms with van der Waals surface area (Å²) in [5.41, 5.74) is 3.59. The number of hydrogen-bond acceptors (Lipinski definition) is 3. The Kier molecular flexibility index (Phi) is 3.45. The maximum Gasteiger partial charge on any atom is 0.322 e. The van der Waals surface area contributed by atoms with Crippen molar-refractivity contribution in [3.05, 3.63) is 53.9 Å². The first-order valence-corrected chi connectivity index (χ1v) is 8.05. The summed E-state index contributed by atoms with van der Waals surface area (Å²) in [5.74, 6) is 0. The van der Waals surface area contributed by atoms with Crippen molar-refractivity contribution in [3.63, 3.8) is 0 Å². The molecule has 122 valence electrons. The smallest absolute Gasteiger partial charge is 0.317 e. The minimum absolute atomic E-state index is 0.0854. The first kappa shape index (κ1) is 14.7. The lowest BCUT2D eigenvalue weighted by Crippen LogP contribution is -2.47. The van der Waals surface area contributed by atoms with Crippen LogP contribution in [0.25, 0.3) is 11.0 Å². The minimum atomic E-state index is -0.0854. The summed E-state index contributed by atoms with van der Waals surface area (Å²) in [6.07, 6.45) is 2.68. The maximum atomic E-state index is 12.6. The predicted octanol–water partition coefficient (Wildman–Crippen LogP) is 3.26. The minimum Gasteiger partial charge on any atom is -0.317 e. The Morgan fingerprint density at radius 2 is 2.08 bits per heavy atom. The lowest BCUT2D eigenvalue weighted by molar-refractivity contribution is 0.126. The molecule has 1 aromatic carbocycles. The molecule has 6 nitrogen and oxygen atoms in total. The second-order valence-electron chi connectivity index (χ2n) is 6.14. The Morgan fingerprint density at radius 1 is 1.29 bits per heavy atom. The van der Waals surface area contributed by atoms with Crippen LogP contribution in [0.3, 0.4) is 0 Å². The molecule has 0 bridgehead atoms. The van der Waals surface area contributed by atoms with Crippen LogP contribution in [-0.2, 0) is 7.05 Å². The summed E-state index contributed by atoms with van der Waals surface area (Å²) < 4.78 is 1.75. The summed E-state index contributed by atoms with van der Waals surface area (Å²) >= 11 is 0. The fraction of sp³-hybridized carbons (Fsp3) is 0.278. The van der Waals surface area contributed by atoms with Crippen molar-refractivity contribution >= 4 is 22.8 Å². The average Bonchev–Trinajstić information content (AvgIpc) is 2.81. The van der Waals surface area contributed by atoms with Crippen molar-refractivity contribution < 1.29 is 4.79 Å². The Bertz CT molecular complexity index is 902. The normalized spacial score (nSPS) is 16.9. The van der Waals surface area contributed by atoms with E-state index in [1.807, 2.05) is 43.1 Å². The third-order valence-electron chi connectivity index (χ3n) is 4.58. The number of amides is 2. The number of carbonyl (C=O) groups excluding carboxylic acids is 1. The highest BCUT2D eigenvalue weighted by molar-refractivity contribution is 5.92. The van der Waals surface area contributed by atoms with Crippen LogP contribution in [0, 0.1) is 6.92 Å². The largest absolute Gasteiger partial charge is 0.322 e. The van der Waals surface area contributed by atoms with E-state index in [1.54, 1.807) is 10.9 Å². The van der Waals surface area contributed by atoms with E-state index < -0.39 is 0 Å². The van der Waals surface area contributed by atoms with E-state index in [1.165, 1.54) is 5.56 Å². The molecule has 3 aromatic rings. The molecule has 6 heteroatoms. The Morgan fingerprint density at radius 3 is 2.79 bits per heavy atom. The molecule has 1 fully saturated rings. The molecule has 0 unspecified atom stereocenters. The van der Waals surface area contributed by atoms with Gasteiger partial charge < -0.3 is 10.2 Å². The number of nitrogens with one attached hydrogen (secondary N) is 1. The van der Waals surface area contributed by atoms with Crippen LogP contribution in [0.5, 0.6) is 0 Å². The van der Waals surface area contributed by atoms with Gasteiger partial charge in [-0.15, -0.1) is 0 Å². The average molecular weight is 321 g/mol. The fourth-order valence-electron chi connectivity index (χ4n) is 3.22. The van der Waals surface area contributed by atoms with Crippen molar-refractivity contribution in [3.8, 4) is 0 Å². The van der Waals surface area contributed by atoms with E-state index >= 15 is 0 Å². The highest BCUT2D eigenvalue weighted by atomic mass is 16.2. The zero-order valence-corrected chi connectivity index (χ0v) is 13.7. The molecule has 0 aliphatic carbocycles. The number of hydrogen-bond donors (Lipinski definition) is 1. The van der Waals surface area contributed by atoms with Gasteiger partial charge in [-0.05, 0) is 25.0 Å². The number of fused-ring (bicyclic) bond motifs is 1. The van der Waals surface area contributed by atoms with E-state index in [-0.39, 0.29) is 12.1 Å². The third-order valence-corrected chi connectivity index (χ3v) is 4.58. The van der Waals surface area contributed by atoms with Gasteiger partial charge in [0.2, 0.25) is 0 Å². The number of benzene rings is 1. The SMILES string of the molecule is Cc1nn(C)c2ncc(NC(=O)N3CC[C@@H]3c3ccccc3)cc12. The Labute approximate surface area is 140 Å². The van der Waals surface area contributed by atoms with Gasteiger partial charge in [-0.25, -0.2) is 9.78 Å². The van der Waals surface area contributed by atoms with Gasteiger partial charge in [0.15, 0.2) is 5.65 Å². The third kappa shape index (κ3) is 2.40. The standard InChI is InChI=1S/C18H19N5O/c1-12-15-10-14(11-19-17(15)22(2)21-12)20-18(24)23-9-8-16(23)13-6-4-3-5-7-13/h3-7,10-11,16H,8-9H2,1-2H3,(H,20,24)/t16-/m1/s1. The summed E-state index contributed by atoms with van der Waals surface area (Å²) in [5, 5.41) is 8.27. The van der Waals surface area contributed by atoms with Crippen LogP contribution in [0.1, 0.15) is 23.7 Å². The molecule has 2 aromatic heterocycles. The lowest BCUT2D eigenvalue weighted by atomic mass is 9.95. The van der Waals surface area contributed by atoms with Crippen LogP contribution < -0.4 is 5.32 Å². The van der Waals surface area contributed by atoms with E-state index in [0.717, 1.165) is 29.7 Å². The van der Waals surface area contributed by atoms with Gasteiger partial charge in [0, 0.05) is 19.0 Å². The van der Waals surface area contributed by atoms with E-state index in [4.69, 9.17) is 0 Å². The van der Waals surface area contributed by atoms with Gasteiger partial charge in [0.25, 0.3) is 0 Å². The number of aryl methyl sites for hydroxylation is 2. The maximum absolute atomic E-state index is 12.6. The molecule has 2 amide bonds. The number of pyridine rings is 1. The highest BCUT2D eigenvalue weighted by Crippen LogP contribution is 2.33. The van der Waals surface area contributed by atoms with Crippen LogP contribution >= 0.6 is 0 Å². The van der Waals surface area contributed by atoms with Crippen molar-refractivity contribution in [2.24, 2.45) is 7.05 Å². The Hall–Kier alpha value is -2.89. The zero-order chi connectivity index (χ0) is 16.7. The fourth-order valence-corrected chi connectivity index (χ4v) is 3.22. The van der Waals surface area contributed by atoms with Crippen LogP contribution in [-0.4, -0.2) is 32.2 Å². The van der Waals surface area contributed by atoms with Gasteiger partial charge in [-0.2, -0.15) is 5.10 Å². The molecule has 4 rings (SSSR count). The number of likely N-dealkylation sites (tertiary alicyclic amines) is 1. The van der Waals surface area contributed by atoms with E-state index in [9.17, 15) is 4.79 Å². The molecule has 0 saturated carbocycles. The molecule has 3 heterocycles. The molecular formula is C18H19N5O. The van der Waals surface area contributed by atoms with Gasteiger partial charge >= 0.3 is 6.03 Å². The van der Waals surface area contributed by atoms with E-state index in [0.29, 0.717) is 5.69 Å². The first-order chi connectivity index (χ1) is 11.6. The second kappa shape index (κ2) is 5.63. The number of carbonyl (C=O) groups is 1. The molecule has 1 N–H and O–H groups in total. The van der Waals surface area contributed by atoms with Crippen LogP contribution in [0.4, 0.5) is 10.5 Å². The van der Waals surface area contributed by atoms with Gasteiger partial charge in [-0.3, -0.25) is 4.68 Å². The molecule has 24 heavy (non-hydrogen) atoms. The second-order valence-corrected chi connectivity index (χ2v) is 6.14. The number of anilines is 1. The quantitative estimate of drug-likeness (QED) is 0.788. The topological polar surface area (TPSA) is 63.1 Å². The predicted molar refractivity (Wildman–Crippen MR) is 92.8 cm³/mol. The van der Waals surface area contributed by atoms with Crippen LogP contribution in [0.15, 0.2) is 42.6 Å². The summed E-state index contributed by atoms with van der Waals surface area (Å²) in [7, 11) is 1.87. The molecule has 1 saturated heterocycles. The molecule has 1 atom stereocenters. The number of urea groups is 1. The lowest BCUT2D eigenvalue weighted by Gasteiger charge is -2.41. The van der Waals surface area contributed by atoms with E-state index in [2.05, 4.69) is 27.5 Å². The van der Waals surface area contributed by atoms with Gasteiger partial charge in [0.1, 0.15) is 0 Å². The molecule has 1 aliphatic heterocycles. The van der Waals surface area contributed by atoms with Crippen LogP contribution in [0.2, 0.25) is 0 Å². The zero-order valence-electron chi connectivity index (χ0n) is 13.7. The number of rotatable bonds is 2. The Balaban J connectivity index is 1.53. The van der Waals surface area contributed by atoms with Crippen molar-refractivity contribution in [1.29, 1.82) is 0 Å². The van der Waals surface area contributed by atoms with Crippen molar-refractivity contribution in [2.45, 2.75) is 19.4 Å². The van der Waals surface area contributed by atoms with Crippen molar-refractivity contribution in [1.82, 2.24) is 19.7 Å². The molecule has 0 radical (unpaired) electrons. The van der Waals surface area contributed by atoms with Crippen molar-refractivity contribution in [2.75, 3.05) is 11.9 Å². The monoisotopic (exact) mass is 321 g/mol. The first-order valence-electron chi connectivity index (χ1n) is 8.05. The van der Waals surface area contributed by atoms with Gasteiger partial charge in [-0.1, -0.05) is 30.3 Å². The summed E-state index contributed by atoms with van der Waals surface area (Å²) in [6.45, 7) is 2.71. The number of aromatic nitrogens is 3. The summed E-state index contributed by atoms with van der Waals surface area (Å²) in [4.78, 5) is 18.8. The summed E-state index contributed by atoms with van der Waals surface area (Å²) in [6, 6.07) is 12.1. The molecule has 1 aliphatic rings.